The second-order valence-corrected chi connectivity index (χ2v) is 3.54. The van der Waals surface area contributed by atoms with E-state index < -0.39 is 0 Å². The van der Waals surface area contributed by atoms with Gasteiger partial charge >= 0.3 is 0 Å². The number of hydrogen-bond acceptors (Lipinski definition) is 2. The lowest BCUT2D eigenvalue weighted by Crippen LogP contribution is -2.34. The topological polar surface area (TPSA) is 15.3 Å². The Kier molecular flexibility index (Phi) is 1.66. The highest BCUT2D eigenvalue weighted by molar-refractivity contribution is 4.89. The molecule has 2 atom stereocenters. The Labute approximate surface area is 62.6 Å². The average molecular weight is 140 g/mol. The maximum atomic E-state index is 3.47. The summed E-state index contributed by atoms with van der Waals surface area (Å²) in [5, 5.41) is 3.47. The van der Waals surface area contributed by atoms with Crippen molar-refractivity contribution < 1.29 is 0 Å². The third kappa shape index (κ3) is 0.956. The second-order valence-electron chi connectivity index (χ2n) is 3.54. The normalized spacial score (nSPS) is 41.7. The van der Waals surface area contributed by atoms with Gasteiger partial charge in [0, 0.05) is 18.6 Å². The molecule has 1 N–H and O–H groups in total. The first-order valence-electron chi connectivity index (χ1n) is 4.30. The van der Waals surface area contributed by atoms with Gasteiger partial charge in [0.1, 0.15) is 0 Å². The van der Waals surface area contributed by atoms with Gasteiger partial charge in [0.25, 0.3) is 0 Å². The van der Waals surface area contributed by atoms with E-state index in [1.54, 1.807) is 0 Å². The predicted octanol–water partition coefficient (Wildman–Crippen LogP) is 0.442. The molecule has 2 heterocycles. The zero-order valence-electron chi connectivity index (χ0n) is 6.64. The van der Waals surface area contributed by atoms with Crippen LogP contribution < -0.4 is 5.32 Å². The molecule has 10 heavy (non-hydrogen) atoms. The minimum absolute atomic E-state index is 0.840. The molecule has 0 spiro atoms. The predicted molar refractivity (Wildman–Crippen MR) is 42.1 cm³/mol. The van der Waals surface area contributed by atoms with Gasteiger partial charge in [-0.2, -0.15) is 0 Å². The highest BCUT2D eigenvalue weighted by Gasteiger charge is 2.31. The van der Waals surface area contributed by atoms with Crippen LogP contribution in [0.5, 0.6) is 0 Å². The third-order valence-corrected chi connectivity index (χ3v) is 3.02. The Balaban J connectivity index is 2.07. The maximum absolute atomic E-state index is 3.47. The van der Waals surface area contributed by atoms with Crippen LogP contribution in [-0.4, -0.2) is 37.1 Å². The maximum Gasteiger partial charge on any atom is 0.0221 e. The zero-order chi connectivity index (χ0) is 6.97. The molecular formula is C8H16N2. The van der Waals surface area contributed by atoms with Crippen LogP contribution in [0.1, 0.15) is 19.3 Å². The van der Waals surface area contributed by atoms with Gasteiger partial charge in [-0.1, -0.05) is 0 Å². The van der Waals surface area contributed by atoms with Crippen molar-refractivity contribution >= 4 is 0 Å². The summed E-state index contributed by atoms with van der Waals surface area (Å²) in [4.78, 5) is 2.56. The first-order chi connectivity index (χ1) is 4.88. The van der Waals surface area contributed by atoms with Crippen LogP contribution >= 0.6 is 0 Å². The lowest BCUT2D eigenvalue weighted by molar-refractivity contribution is 0.253. The Morgan fingerprint density at radius 3 is 2.90 bits per heavy atom. The molecule has 2 aliphatic heterocycles. The highest BCUT2D eigenvalue weighted by atomic mass is 15.2. The molecule has 2 bridgehead atoms. The van der Waals surface area contributed by atoms with Crippen LogP contribution in [0.2, 0.25) is 0 Å². The molecular weight excluding hydrogens is 124 g/mol. The number of fused-ring (bicyclic) bond motifs is 2. The molecule has 2 saturated heterocycles. The first-order valence-corrected chi connectivity index (χ1v) is 4.30. The fraction of sp³-hybridized carbons (Fsp3) is 1.00. The van der Waals surface area contributed by atoms with Crippen LogP contribution in [0.25, 0.3) is 0 Å². The summed E-state index contributed by atoms with van der Waals surface area (Å²) in [6, 6.07) is 1.73. The van der Waals surface area contributed by atoms with Gasteiger partial charge < -0.3 is 5.32 Å². The third-order valence-electron chi connectivity index (χ3n) is 3.02. The molecule has 0 radical (unpaired) electrons. The Morgan fingerprint density at radius 2 is 2.00 bits per heavy atom. The summed E-state index contributed by atoms with van der Waals surface area (Å²) in [5.41, 5.74) is 0. The zero-order valence-corrected chi connectivity index (χ0v) is 6.64. The molecule has 0 unspecified atom stereocenters. The van der Waals surface area contributed by atoms with Crippen LogP contribution in [-0.2, 0) is 0 Å². The molecule has 0 amide bonds. The first kappa shape index (κ1) is 6.62. The summed E-state index contributed by atoms with van der Waals surface area (Å²) in [7, 11) is 2.27. The highest BCUT2D eigenvalue weighted by Crippen LogP contribution is 2.25. The van der Waals surface area contributed by atoms with E-state index in [2.05, 4.69) is 17.3 Å². The van der Waals surface area contributed by atoms with E-state index >= 15 is 0 Å². The quantitative estimate of drug-likeness (QED) is 0.525. The van der Waals surface area contributed by atoms with Crippen molar-refractivity contribution in [2.75, 3.05) is 20.1 Å². The smallest absolute Gasteiger partial charge is 0.0221 e. The van der Waals surface area contributed by atoms with Crippen LogP contribution in [0.15, 0.2) is 0 Å². The lowest BCUT2D eigenvalue weighted by atomic mass is 10.1. The summed E-state index contributed by atoms with van der Waals surface area (Å²) in [5.74, 6) is 0. The van der Waals surface area contributed by atoms with E-state index in [1.165, 1.54) is 32.4 Å². The van der Waals surface area contributed by atoms with Crippen molar-refractivity contribution in [1.82, 2.24) is 10.2 Å². The van der Waals surface area contributed by atoms with Crippen LogP contribution in [0, 0.1) is 0 Å². The minimum atomic E-state index is 0.840. The van der Waals surface area contributed by atoms with Crippen molar-refractivity contribution in [3.63, 3.8) is 0 Å². The number of hydrogen-bond donors (Lipinski definition) is 1. The molecule has 0 aromatic rings. The van der Waals surface area contributed by atoms with E-state index in [9.17, 15) is 0 Å². The molecule has 2 aliphatic rings. The Bertz CT molecular complexity index is 110. The van der Waals surface area contributed by atoms with Crippen molar-refractivity contribution in [1.29, 1.82) is 0 Å². The lowest BCUT2D eigenvalue weighted by Gasteiger charge is -2.21. The second kappa shape index (κ2) is 2.51. The van der Waals surface area contributed by atoms with Crippen molar-refractivity contribution in [2.45, 2.75) is 31.3 Å². The van der Waals surface area contributed by atoms with Gasteiger partial charge in [-0.25, -0.2) is 0 Å². The van der Waals surface area contributed by atoms with Gasteiger partial charge in [-0.3, -0.25) is 4.90 Å². The van der Waals surface area contributed by atoms with Gasteiger partial charge in [-0.05, 0) is 32.9 Å². The van der Waals surface area contributed by atoms with Gasteiger partial charge in [0.2, 0.25) is 0 Å². The fourth-order valence-electron chi connectivity index (χ4n) is 2.22. The van der Waals surface area contributed by atoms with E-state index in [4.69, 9.17) is 0 Å². The summed E-state index contributed by atoms with van der Waals surface area (Å²) < 4.78 is 0. The van der Waals surface area contributed by atoms with E-state index in [-0.39, 0.29) is 0 Å². The van der Waals surface area contributed by atoms with Gasteiger partial charge in [-0.15, -0.1) is 0 Å². The fourth-order valence-corrected chi connectivity index (χ4v) is 2.22. The van der Waals surface area contributed by atoms with Crippen LogP contribution in [0.4, 0.5) is 0 Å². The number of rotatable bonds is 0. The molecule has 2 nitrogen and oxygen atoms in total. The molecule has 2 rings (SSSR count). The number of nitrogens with one attached hydrogen (secondary N) is 1. The number of likely N-dealkylation sites (N-methyl/N-ethyl adjacent to an activating group) is 1. The SMILES string of the molecule is CN1[C@H]2CCNC[C@@H]1CC2. The Morgan fingerprint density at radius 1 is 1.20 bits per heavy atom. The van der Waals surface area contributed by atoms with Crippen molar-refractivity contribution in [3.05, 3.63) is 0 Å². The molecule has 0 aliphatic carbocycles. The number of nitrogens with zero attached hydrogens (tertiary/aromatic N) is 1. The molecule has 2 fully saturated rings. The molecule has 0 aromatic heterocycles. The van der Waals surface area contributed by atoms with E-state index in [1.807, 2.05) is 0 Å². The molecule has 0 saturated carbocycles. The van der Waals surface area contributed by atoms with Crippen molar-refractivity contribution in [3.8, 4) is 0 Å². The summed E-state index contributed by atoms with van der Waals surface area (Å²) in [6.45, 7) is 2.44. The Hall–Kier alpha value is -0.0800. The summed E-state index contributed by atoms with van der Waals surface area (Å²) >= 11 is 0. The van der Waals surface area contributed by atoms with Gasteiger partial charge in [0.15, 0.2) is 0 Å². The van der Waals surface area contributed by atoms with Crippen molar-refractivity contribution in [2.24, 2.45) is 0 Å². The molecule has 0 aromatic carbocycles. The largest absolute Gasteiger partial charge is 0.315 e. The monoisotopic (exact) mass is 140 g/mol. The molecule has 58 valence electrons. The average Bonchev–Trinajstić information content (AvgIpc) is 2.06. The van der Waals surface area contributed by atoms with E-state index in [0.717, 1.165) is 12.1 Å². The van der Waals surface area contributed by atoms with E-state index in [0.29, 0.717) is 0 Å². The van der Waals surface area contributed by atoms with Gasteiger partial charge in [0.05, 0.1) is 0 Å². The molecule has 2 heteroatoms. The summed E-state index contributed by atoms with van der Waals surface area (Å²) in [6.07, 6.45) is 4.20. The van der Waals surface area contributed by atoms with Crippen LogP contribution in [0.3, 0.4) is 0 Å². The standard InChI is InChI=1S/C8H16N2/c1-10-7-2-3-8(10)6-9-5-4-7/h7-9H,2-6H2,1H3/t7-,8+/m1/s1. The minimum Gasteiger partial charge on any atom is -0.315 e.